The molecule has 0 saturated heterocycles. The number of rotatable bonds is 6. The predicted molar refractivity (Wildman–Crippen MR) is 99.0 cm³/mol. The van der Waals surface area contributed by atoms with Crippen LogP contribution in [-0.2, 0) is 9.53 Å². The minimum atomic E-state index is -1.06. The van der Waals surface area contributed by atoms with E-state index >= 15 is 0 Å². The Hall–Kier alpha value is -2.46. The van der Waals surface area contributed by atoms with Gasteiger partial charge in [-0.1, -0.05) is 30.9 Å². The second-order valence-electron chi connectivity index (χ2n) is 6.48. The average molecular weight is 395 g/mol. The summed E-state index contributed by atoms with van der Waals surface area (Å²) in [6.07, 6.45) is 2.95. The Morgan fingerprint density at radius 1 is 1.22 bits per heavy atom. The SMILES string of the molecule is COc1cc(C(=O)O[C@H](C)C(=O)NC2(C#N)CCCCC2)cc(Cl)c1OC. The topological polar surface area (TPSA) is 97.6 Å². The number of hydrogen-bond donors (Lipinski definition) is 1. The van der Waals surface area contributed by atoms with Gasteiger partial charge in [0.1, 0.15) is 5.54 Å². The zero-order valence-corrected chi connectivity index (χ0v) is 16.4. The number of halogens is 1. The molecule has 1 aromatic carbocycles. The van der Waals surface area contributed by atoms with Gasteiger partial charge in [-0.15, -0.1) is 0 Å². The molecule has 0 aliphatic heterocycles. The van der Waals surface area contributed by atoms with E-state index in [1.807, 2.05) is 0 Å². The molecule has 8 heteroatoms. The Kier molecular flexibility index (Phi) is 6.92. The quantitative estimate of drug-likeness (QED) is 0.744. The fourth-order valence-electron chi connectivity index (χ4n) is 3.08. The van der Waals surface area contributed by atoms with E-state index in [0.717, 1.165) is 19.3 Å². The molecule has 1 fully saturated rings. The molecule has 7 nitrogen and oxygen atoms in total. The van der Waals surface area contributed by atoms with Gasteiger partial charge in [-0.2, -0.15) is 5.26 Å². The number of carbonyl (C=O) groups is 2. The number of benzene rings is 1. The highest BCUT2D eigenvalue weighted by molar-refractivity contribution is 6.32. The summed E-state index contributed by atoms with van der Waals surface area (Å²) in [5.74, 6) is -0.650. The van der Waals surface area contributed by atoms with Gasteiger partial charge in [-0.25, -0.2) is 4.79 Å². The zero-order chi connectivity index (χ0) is 20.0. The van der Waals surface area contributed by atoms with Crippen molar-refractivity contribution in [3.8, 4) is 17.6 Å². The molecule has 0 unspecified atom stereocenters. The van der Waals surface area contributed by atoms with Crippen LogP contribution in [0.1, 0.15) is 49.4 Å². The number of nitrogens with one attached hydrogen (secondary N) is 1. The number of hydrogen-bond acceptors (Lipinski definition) is 6. The molecule has 1 aliphatic rings. The van der Waals surface area contributed by atoms with E-state index in [-0.39, 0.29) is 16.3 Å². The lowest BCUT2D eigenvalue weighted by Gasteiger charge is -2.32. The molecule has 27 heavy (non-hydrogen) atoms. The number of nitrogens with zero attached hydrogens (tertiary/aromatic N) is 1. The maximum atomic E-state index is 12.4. The van der Waals surface area contributed by atoms with Gasteiger partial charge in [0.15, 0.2) is 17.6 Å². The highest BCUT2D eigenvalue weighted by Crippen LogP contribution is 2.36. The number of amides is 1. The van der Waals surface area contributed by atoms with Crippen molar-refractivity contribution in [2.24, 2.45) is 0 Å². The summed E-state index contributed by atoms with van der Waals surface area (Å²) in [4.78, 5) is 24.8. The largest absolute Gasteiger partial charge is 0.493 e. The lowest BCUT2D eigenvalue weighted by molar-refractivity contribution is -0.130. The van der Waals surface area contributed by atoms with Crippen molar-refractivity contribution in [2.45, 2.75) is 50.7 Å². The van der Waals surface area contributed by atoms with E-state index in [1.165, 1.54) is 33.3 Å². The highest BCUT2D eigenvalue weighted by Gasteiger charge is 2.35. The summed E-state index contributed by atoms with van der Waals surface area (Å²) in [5.41, 5.74) is -0.757. The van der Waals surface area contributed by atoms with Gasteiger partial charge in [0, 0.05) is 0 Å². The molecule has 0 bridgehead atoms. The molecular formula is C19H23ClN2O5. The molecule has 1 aromatic rings. The normalized spacial score (nSPS) is 16.6. The first-order valence-corrected chi connectivity index (χ1v) is 9.09. The first-order valence-electron chi connectivity index (χ1n) is 8.71. The fourth-order valence-corrected chi connectivity index (χ4v) is 3.36. The maximum absolute atomic E-state index is 12.4. The summed E-state index contributed by atoms with van der Waals surface area (Å²) in [6, 6.07) is 5.01. The Balaban J connectivity index is 2.07. The van der Waals surface area contributed by atoms with Crippen molar-refractivity contribution in [3.05, 3.63) is 22.7 Å². The average Bonchev–Trinajstić information content (AvgIpc) is 2.67. The standard InChI is InChI=1S/C19H23ClN2O5/c1-12(17(23)22-19(11-21)7-5-4-6-8-19)27-18(24)13-9-14(20)16(26-3)15(10-13)25-2/h9-10,12H,4-8H2,1-3H3,(H,22,23)/t12-/m1/s1. The van der Waals surface area contributed by atoms with Crippen LogP contribution in [0.5, 0.6) is 11.5 Å². The van der Waals surface area contributed by atoms with Crippen LogP contribution in [0, 0.1) is 11.3 Å². The zero-order valence-electron chi connectivity index (χ0n) is 15.6. The summed E-state index contributed by atoms with van der Waals surface area (Å²) >= 11 is 6.09. The highest BCUT2D eigenvalue weighted by atomic mass is 35.5. The summed E-state index contributed by atoms with van der Waals surface area (Å²) in [6.45, 7) is 1.46. The molecule has 1 aliphatic carbocycles. The van der Waals surface area contributed by atoms with Crippen LogP contribution in [0.3, 0.4) is 0 Å². The minimum absolute atomic E-state index is 0.130. The number of esters is 1. The number of methoxy groups -OCH3 is 2. The minimum Gasteiger partial charge on any atom is -0.493 e. The van der Waals surface area contributed by atoms with Crippen molar-refractivity contribution < 1.29 is 23.8 Å². The third kappa shape index (κ3) is 4.83. The lowest BCUT2D eigenvalue weighted by Crippen LogP contribution is -2.52. The van der Waals surface area contributed by atoms with E-state index in [4.69, 9.17) is 25.8 Å². The molecule has 1 N–H and O–H groups in total. The molecular weight excluding hydrogens is 372 g/mol. The fraction of sp³-hybridized carbons (Fsp3) is 0.526. The van der Waals surface area contributed by atoms with Crippen LogP contribution < -0.4 is 14.8 Å². The Morgan fingerprint density at radius 3 is 2.44 bits per heavy atom. The van der Waals surface area contributed by atoms with Gasteiger partial charge < -0.3 is 19.5 Å². The molecule has 2 rings (SSSR count). The van der Waals surface area contributed by atoms with Crippen molar-refractivity contribution in [2.75, 3.05) is 14.2 Å². The Bertz CT molecular complexity index is 753. The van der Waals surface area contributed by atoms with Gasteiger partial charge in [0.2, 0.25) is 0 Å². The summed E-state index contributed by atoms with van der Waals surface area (Å²) < 4.78 is 15.5. The van der Waals surface area contributed by atoms with E-state index in [9.17, 15) is 14.9 Å². The van der Waals surface area contributed by atoms with Crippen LogP contribution >= 0.6 is 11.6 Å². The van der Waals surface area contributed by atoms with E-state index in [1.54, 1.807) is 0 Å². The molecule has 0 spiro atoms. The van der Waals surface area contributed by atoms with Crippen LogP contribution in [-0.4, -0.2) is 37.7 Å². The summed E-state index contributed by atoms with van der Waals surface area (Å²) in [7, 11) is 2.86. The molecule has 1 saturated carbocycles. The first-order chi connectivity index (χ1) is 12.9. The van der Waals surface area contributed by atoms with Gasteiger partial charge in [0.05, 0.1) is 30.9 Å². The van der Waals surface area contributed by atoms with Crippen molar-refractivity contribution in [1.82, 2.24) is 5.32 Å². The Labute approximate surface area is 163 Å². The first kappa shape index (κ1) is 20.8. The number of ether oxygens (including phenoxy) is 3. The molecule has 0 radical (unpaired) electrons. The van der Waals surface area contributed by atoms with Crippen molar-refractivity contribution >= 4 is 23.5 Å². The Morgan fingerprint density at radius 2 is 1.89 bits per heavy atom. The van der Waals surface area contributed by atoms with Crippen LogP contribution in [0.2, 0.25) is 5.02 Å². The van der Waals surface area contributed by atoms with Crippen molar-refractivity contribution in [1.29, 1.82) is 5.26 Å². The lowest BCUT2D eigenvalue weighted by atomic mass is 9.83. The van der Waals surface area contributed by atoms with E-state index in [0.29, 0.717) is 18.6 Å². The smallest absolute Gasteiger partial charge is 0.339 e. The maximum Gasteiger partial charge on any atom is 0.339 e. The van der Waals surface area contributed by atoms with Crippen LogP contribution in [0.4, 0.5) is 0 Å². The summed E-state index contributed by atoms with van der Waals surface area (Å²) in [5, 5.41) is 12.4. The third-order valence-corrected chi connectivity index (χ3v) is 4.89. The van der Waals surface area contributed by atoms with E-state index < -0.39 is 23.5 Å². The number of carbonyl (C=O) groups excluding carboxylic acids is 2. The molecule has 0 heterocycles. The van der Waals surface area contributed by atoms with Gasteiger partial charge in [-0.05, 0) is 31.9 Å². The monoisotopic (exact) mass is 394 g/mol. The van der Waals surface area contributed by atoms with E-state index in [2.05, 4.69) is 11.4 Å². The molecule has 0 aromatic heterocycles. The van der Waals surface area contributed by atoms with Gasteiger partial charge in [0.25, 0.3) is 5.91 Å². The second-order valence-corrected chi connectivity index (χ2v) is 6.89. The van der Waals surface area contributed by atoms with Gasteiger partial charge in [-0.3, -0.25) is 4.79 Å². The van der Waals surface area contributed by atoms with Crippen molar-refractivity contribution in [3.63, 3.8) is 0 Å². The van der Waals surface area contributed by atoms with Crippen LogP contribution in [0.25, 0.3) is 0 Å². The third-order valence-electron chi connectivity index (χ3n) is 4.61. The van der Waals surface area contributed by atoms with Crippen LogP contribution in [0.15, 0.2) is 12.1 Å². The molecule has 146 valence electrons. The van der Waals surface area contributed by atoms with Gasteiger partial charge >= 0.3 is 5.97 Å². The number of nitriles is 1. The molecule has 1 atom stereocenters. The second kappa shape index (κ2) is 8.96. The predicted octanol–water partition coefficient (Wildman–Crippen LogP) is 3.25. The molecule has 1 amide bonds.